The summed E-state index contributed by atoms with van der Waals surface area (Å²) in [4.78, 5) is 40.0. The summed E-state index contributed by atoms with van der Waals surface area (Å²) in [6.07, 6.45) is 0.315. The number of nitro groups is 1. The van der Waals surface area contributed by atoms with Crippen molar-refractivity contribution < 1.29 is 19.2 Å². The average molecular weight is 495 g/mol. The number of carbonyl (C=O) groups is 2. The molecule has 4 N–H and O–H groups in total. The fourth-order valence-electron chi connectivity index (χ4n) is 3.28. The molecular weight excluding hydrogens is 476 g/mol. The zero-order valence-electron chi connectivity index (χ0n) is 18.1. The van der Waals surface area contributed by atoms with Crippen molar-refractivity contribution in [2.24, 2.45) is 5.73 Å². The number of pyridine rings is 1. The lowest BCUT2D eigenvalue weighted by Crippen LogP contribution is -2.55. The number of rotatable bonds is 8. The molecule has 2 aromatic carbocycles. The van der Waals surface area contributed by atoms with Crippen LogP contribution in [-0.4, -0.2) is 32.9 Å². The minimum Gasteiger partial charge on any atom is -0.439 e. The number of benzene rings is 2. The summed E-state index contributed by atoms with van der Waals surface area (Å²) in [5, 5.41) is 17.8. The number of nitrogens with two attached hydrogens (primary N) is 1. The number of amides is 2. The van der Waals surface area contributed by atoms with Gasteiger partial charge >= 0.3 is 11.6 Å². The number of aromatic nitrogens is 1. The van der Waals surface area contributed by atoms with Gasteiger partial charge in [0, 0.05) is 23.3 Å². The van der Waals surface area contributed by atoms with Crippen LogP contribution >= 0.6 is 11.6 Å². The van der Waals surface area contributed by atoms with Crippen LogP contribution in [0.15, 0.2) is 78.6 Å². The van der Waals surface area contributed by atoms with E-state index in [9.17, 15) is 19.7 Å². The van der Waals surface area contributed by atoms with E-state index in [1.54, 1.807) is 60.7 Å². The third-order valence-corrected chi connectivity index (χ3v) is 5.24. The maximum atomic E-state index is 12.8. The molecule has 0 fully saturated rings. The lowest BCUT2D eigenvalue weighted by atomic mass is 10.2. The Kier molecular flexibility index (Phi) is 6.78. The lowest BCUT2D eigenvalue weighted by Gasteiger charge is -2.34. The van der Waals surface area contributed by atoms with E-state index in [0.717, 1.165) is 11.8 Å². The molecule has 4 rings (SSSR count). The first-order chi connectivity index (χ1) is 16.8. The number of ether oxygens (including phenoxy) is 1. The Hall–Kier alpha value is -4.64. The number of primary amides is 1. The molecule has 12 heteroatoms. The number of nitrogens with one attached hydrogen (secondary N) is 2. The van der Waals surface area contributed by atoms with E-state index in [-0.39, 0.29) is 18.1 Å². The summed E-state index contributed by atoms with van der Waals surface area (Å²) >= 11 is 5.93. The van der Waals surface area contributed by atoms with Gasteiger partial charge in [0.2, 0.25) is 5.88 Å². The molecule has 2 heterocycles. The molecule has 0 radical (unpaired) electrons. The molecule has 11 nitrogen and oxygen atoms in total. The van der Waals surface area contributed by atoms with Crippen LogP contribution in [0, 0.1) is 10.1 Å². The van der Waals surface area contributed by atoms with Crippen molar-refractivity contribution in [2.45, 2.75) is 12.8 Å². The van der Waals surface area contributed by atoms with Gasteiger partial charge in [-0.1, -0.05) is 29.8 Å². The molecule has 0 spiro atoms. The minimum absolute atomic E-state index is 0.0803. The first-order valence-corrected chi connectivity index (χ1v) is 10.7. The maximum Gasteiger partial charge on any atom is 0.349 e. The maximum absolute atomic E-state index is 12.8. The summed E-state index contributed by atoms with van der Waals surface area (Å²) in [7, 11) is 0. The number of hydrogen-bond acceptors (Lipinski definition) is 8. The fourth-order valence-corrected chi connectivity index (χ4v) is 3.41. The molecule has 0 saturated heterocycles. The molecular formula is C23H19ClN6O5. The summed E-state index contributed by atoms with van der Waals surface area (Å²) in [5.74, 6) is -0.748. The van der Waals surface area contributed by atoms with Crippen molar-refractivity contribution >= 4 is 29.1 Å². The van der Waals surface area contributed by atoms with Gasteiger partial charge in [0.15, 0.2) is 6.29 Å². The minimum atomic E-state index is -0.762. The molecule has 1 unspecified atom stereocenters. The predicted octanol–water partition coefficient (Wildman–Crippen LogP) is 3.07. The smallest absolute Gasteiger partial charge is 0.349 e. The highest BCUT2D eigenvalue weighted by Crippen LogP contribution is 2.24. The van der Waals surface area contributed by atoms with Gasteiger partial charge in [-0.05, 0) is 48.0 Å². The van der Waals surface area contributed by atoms with Crippen molar-refractivity contribution in [3.05, 3.63) is 105 Å². The standard InChI is InChI=1S/C23H19ClN6O5/c24-15-6-4-14(5-7-15)13-29-22(32)19(30(33)34)12-26-23(29)27-16-8-10-17(11-9-16)35-20-3-1-2-18(28-20)21(25)31/h1-12,23,26-27H,13H2,(H2,25,31). The van der Waals surface area contributed by atoms with Crippen LogP contribution in [0.2, 0.25) is 5.02 Å². The number of carbonyl (C=O) groups excluding carboxylic acids is 2. The van der Waals surface area contributed by atoms with Crippen LogP contribution in [-0.2, 0) is 11.3 Å². The molecule has 1 aromatic heterocycles. The Bertz CT molecular complexity index is 1300. The predicted molar refractivity (Wildman–Crippen MR) is 127 cm³/mol. The van der Waals surface area contributed by atoms with Gasteiger partial charge in [0.25, 0.3) is 5.91 Å². The molecule has 0 aliphatic carbocycles. The molecule has 1 aliphatic heterocycles. The molecule has 35 heavy (non-hydrogen) atoms. The number of hydrogen-bond donors (Lipinski definition) is 3. The molecule has 0 saturated carbocycles. The highest BCUT2D eigenvalue weighted by molar-refractivity contribution is 6.30. The van der Waals surface area contributed by atoms with E-state index in [4.69, 9.17) is 22.1 Å². The van der Waals surface area contributed by atoms with E-state index in [0.29, 0.717) is 16.5 Å². The Morgan fingerprint density at radius 3 is 2.54 bits per heavy atom. The fraction of sp³-hybridized carbons (Fsp3) is 0.0870. The number of nitrogens with zero attached hydrogens (tertiary/aromatic N) is 3. The van der Waals surface area contributed by atoms with Gasteiger partial charge < -0.3 is 21.1 Å². The SMILES string of the molecule is NC(=O)c1cccc(Oc2ccc(NC3NC=C([N+](=O)[O-])C(=O)N3Cc3ccc(Cl)cc3)cc2)n1. The first kappa shape index (κ1) is 23.5. The summed E-state index contributed by atoms with van der Waals surface area (Å²) in [6.45, 7) is 0.106. The topological polar surface area (TPSA) is 153 Å². The van der Waals surface area contributed by atoms with Crippen LogP contribution in [0.25, 0.3) is 0 Å². The Balaban J connectivity index is 1.50. The third-order valence-electron chi connectivity index (χ3n) is 4.99. The van der Waals surface area contributed by atoms with Crippen molar-refractivity contribution in [1.29, 1.82) is 0 Å². The van der Waals surface area contributed by atoms with Crippen molar-refractivity contribution in [1.82, 2.24) is 15.2 Å². The molecule has 1 aliphatic rings. The largest absolute Gasteiger partial charge is 0.439 e. The lowest BCUT2D eigenvalue weighted by molar-refractivity contribution is -0.421. The molecule has 178 valence electrons. The van der Waals surface area contributed by atoms with Gasteiger partial charge in [0.05, 0.1) is 11.1 Å². The Morgan fingerprint density at radius 1 is 1.17 bits per heavy atom. The van der Waals surface area contributed by atoms with Gasteiger partial charge in [-0.3, -0.25) is 24.6 Å². The van der Waals surface area contributed by atoms with Crippen molar-refractivity contribution in [3.63, 3.8) is 0 Å². The second-order valence-corrected chi connectivity index (χ2v) is 7.85. The van der Waals surface area contributed by atoms with E-state index in [2.05, 4.69) is 15.6 Å². The van der Waals surface area contributed by atoms with E-state index in [1.165, 1.54) is 11.0 Å². The zero-order valence-corrected chi connectivity index (χ0v) is 18.8. The van der Waals surface area contributed by atoms with Crippen LogP contribution < -0.4 is 21.1 Å². The molecule has 1 atom stereocenters. The van der Waals surface area contributed by atoms with Gasteiger partial charge in [-0.15, -0.1) is 0 Å². The first-order valence-electron chi connectivity index (χ1n) is 10.3. The van der Waals surface area contributed by atoms with Gasteiger partial charge in [0.1, 0.15) is 11.4 Å². The molecule has 0 bridgehead atoms. The number of anilines is 1. The molecule has 2 amide bonds. The van der Waals surface area contributed by atoms with Crippen LogP contribution in [0.1, 0.15) is 16.1 Å². The van der Waals surface area contributed by atoms with Crippen LogP contribution in [0.3, 0.4) is 0 Å². The van der Waals surface area contributed by atoms with Crippen LogP contribution in [0.5, 0.6) is 11.6 Å². The summed E-state index contributed by atoms with van der Waals surface area (Å²) in [5.41, 5.74) is 6.11. The highest BCUT2D eigenvalue weighted by atomic mass is 35.5. The van der Waals surface area contributed by atoms with Crippen molar-refractivity contribution in [3.8, 4) is 11.6 Å². The summed E-state index contributed by atoms with van der Waals surface area (Å²) in [6, 6.07) is 18.2. The Morgan fingerprint density at radius 2 is 1.89 bits per heavy atom. The third kappa shape index (κ3) is 5.65. The second-order valence-electron chi connectivity index (χ2n) is 7.41. The second kappa shape index (κ2) is 10.1. The zero-order chi connectivity index (χ0) is 24.9. The summed E-state index contributed by atoms with van der Waals surface area (Å²) < 4.78 is 5.66. The average Bonchev–Trinajstić information content (AvgIpc) is 2.84. The van der Waals surface area contributed by atoms with E-state index < -0.39 is 28.7 Å². The van der Waals surface area contributed by atoms with Gasteiger partial charge in [-0.25, -0.2) is 4.98 Å². The van der Waals surface area contributed by atoms with E-state index >= 15 is 0 Å². The monoisotopic (exact) mass is 494 g/mol. The molecule has 3 aromatic rings. The highest BCUT2D eigenvalue weighted by Gasteiger charge is 2.36. The Labute approximate surface area is 204 Å². The number of halogens is 1. The van der Waals surface area contributed by atoms with E-state index in [1.807, 2.05) is 0 Å². The van der Waals surface area contributed by atoms with Crippen LogP contribution in [0.4, 0.5) is 5.69 Å². The quantitative estimate of drug-likeness (QED) is 0.319. The normalized spacial score (nSPS) is 15.1. The van der Waals surface area contributed by atoms with Gasteiger partial charge in [-0.2, -0.15) is 0 Å². The van der Waals surface area contributed by atoms with Crippen molar-refractivity contribution in [2.75, 3.05) is 5.32 Å².